The topological polar surface area (TPSA) is 53.6 Å². The molecule has 5 nitrogen and oxygen atoms in total. The highest BCUT2D eigenvalue weighted by Gasteiger charge is 2.17. The molecule has 22 heavy (non-hydrogen) atoms. The number of nitrogens with zero attached hydrogens (tertiary/aromatic N) is 1. The fourth-order valence-electron chi connectivity index (χ4n) is 2.26. The third kappa shape index (κ3) is 4.10. The van der Waals surface area contributed by atoms with Crippen LogP contribution in [0.4, 0.5) is 5.69 Å². The Morgan fingerprint density at radius 2 is 2.09 bits per heavy atom. The third-order valence-corrected chi connectivity index (χ3v) is 4.27. The van der Waals surface area contributed by atoms with Gasteiger partial charge in [-0.2, -0.15) is 0 Å². The van der Waals surface area contributed by atoms with Gasteiger partial charge in [-0.15, -0.1) is 0 Å². The van der Waals surface area contributed by atoms with Crippen LogP contribution in [0.1, 0.15) is 30.9 Å². The molecule has 0 aliphatic carbocycles. The van der Waals surface area contributed by atoms with E-state index in [0.717, 1.165) is 40.4 Å². The number of rotatable bonds is 8. The van der Waals surface area contributed by atoms with Gasteiger partial charge in [-0.1, -0.05) is 13.3 Å². The molecule has 2 N–H and O–H groups in total. The lowest BCUT2D eigenvalue weighted by Crippen LogP contribution is -2.23. The van der Waals surface area contributed by atoms with Crippen molar-refractivity contribution in [2.75, 3.05) is 17.6 Å². The van der Waals surface area contributed by atoms with Gasteiger partial charge in [0.05, 0.1) is 11.9 Å². The summed E-state index contributed by atoms with van der Waals surface area (Å²) in [6, 6.07) is 4.10. The lowest BCUT2D eigenvalue weighted by molar-refractivity contribution is -0.109. The summed E-state index contributed by atoms with van der Waals surface area (Å²) in [7, 11) is 0. The molecule has 6 heteroatoms. The molecule has 0 fully saturated rings. The van der Waals surface area contributed by atoms with E-state index in [0.29, 0.717) is 0 Å². The van der Waals surface area contributed by atoms with Crippen LogP contribution in [0, 0.1) is 13.8 Å². The van der Waals surface area contributed by atoms with Gasteiger partial charge in [0.15, 0.2) is 6.29 Å². The first-order valence-electron chi connectivity index (χ1n) is 7.51. The number of unbranched alkanes of at least 4 members (excludes halogenated alkanes) is 1. The van der Waals surface area contributed by atoms with Gasteiger partial charge in [0.2, 0.25) is 0 Å². The van der Waals surface area contributed by atoms with Gasteiger partial charge >= 0.3 is 0 Å². The first-order valence-corrected chi connectivity index (χ1v) is 8.29. The lowest BCUT2D eigenvalue weighted by atomic mass is 10.1. The SMILES string of the molecule is CCCCNC1=CNN(c2cc(C)c(OCC=O)c(C)c2)S1. The summed E-state index contributed by atoms with van der Waals surface area (Å²) in [5.74, 6) is 0.786. The minimum absolute atomic E-state index is 0.0881. The van der Waals surface area contributed by atoms with E-state index in [1.54, 1.807) is 11.9 Å². The Labute approximate surface area is 136 Å². The molecule has 0 bridgehead atoms. The van der Waals surface area contributed by atoms with Gasteiger partial charge in [-0.25, -0.2) is 4.41 Å². The van der Waals surface area contributed by atoms with Gasteiger partial charge in [0.25, 0.3) is 0 Å². The number of nitrogens with one attached hydrogen (secondary N) is 2. The minimum atomic E-state index is 0.0881. The number of aldehydes is 1. The molecule has 0 saturated carbocycles. The first-order chi connectivity index (χ1) is 10.7. The third-order valence-electron chi connectivity index (χ3n) is 3.31. The summed E-state index contributed by atoms with van der Waals surface area (Å²) in [5, 5.41) is 4.52. The fourth-order valence-corrected chi connectivity index (χ4v) is 3.04. The Morgan fingerprint density at radius 3 is 2.73 bits per heavy atom. The Kier molecular flexibility index (Phi) is 6.00. The Bertz CT molecular complexity index is 537. The Hall–Kier alpha value is -1.82. The van der Waals surface area contributed by atoms with E-state index in [9.17, 15) is 4.79 Å². The number of hydrogen-bond donors (Lipinski definition) is 2. The van der Waals surface area contributed by atoms with Crippen molar-refractivity contribution >= 4 is 23.9 Å². The number of benzene rings is 1. The summed E-state index contributed by atoms with van der Waals surface area (Å²) < 4.78 is 7.49. The molecule has 0 unspecified atom stereocenters. The van der Waals surface area contributed by atoms with Crippen molar-refractivity contribution in [3.8, 4) is 5.75 Å². The summed E-state index contributed by atoms with van der Waals surface area (Å²) in [6.45, 7) is 7.24. The zero-order valence-electron chi connectivity index (χ0n) is 13.3. The second-order valence-electron chi connectivity index (χ2n) is 5.19. The van der Waals surface area contributed by atoms with Crippen LogP contribution in [-0.4, -0.2) is 19.4 Å². The monoisotopic (exact) mass is 321 g/mol. The van der Waals surface area contributed by atoms with Crippen LogP contribution in [-0.2, 0) is 4.79 Å². The van der Waals surface area contributed by atoms with E-state index in [1.165, 1.54) is 12.8 Å². The molecule has 0 amide bonds. The van der Waals surface area contributed by atoms with Crippen LogP contribution in [0.15, 0.2) is 23.4 Å². The van der Waals surface area contributed by atoms with Crippen LogP contribution in [0.25, 0.3) is 0 Å². The van der Waals surface area contributed by atoms with Crippen molar-refractivity contribution in [3.05, 3.63) is 34.5 Å². The van der Waals surface area contributed by atoms with Crippen molar-refractivity contribution in [3.63, 3.8) is 0 Å². The molecule has 120 valence electrons. The van der Waals surface area contributed by atoms with E-state index in [2.05, 4.69) is 29.8 Å². The van der Waals surface area contributed by atoms with E-state index >= 15 is 0 Å². The molecule has 2 rings (SSSR count). The maximum Gasteiger partial charge on any atom is 0.157 e. The summed E-state index contributed by atoms with van der Waals surface area (Å²) in [4.78, 5) is 10.5. The molecule has 1 heterocycles. The number of aryl methyl sites for hydroxylation is 2. The van der Waals surface area contributed by atoms with Crippen LogP contribution in [0.2, 0.25) is 0 Å². The Balaban J connectivity index is 2.01. The van der Waals surface area contributed by atoms with Crippen LogP contribution in [0.5, 0.6) is 5.75 Å². The summed E-state index contributed by atoms with van der Waals surface area (Å²) in [5.41, 5.74) is 6.34. The maximum atomic E-state index is 10.5. The van der Waals surface area contributed by atoms with Crippen molar-refractivity contribution in [1.29, 1.82) is 0 Å². The molecule has 0 aromatic heterocycles. The molecule has 1 aliphatic heterocycles. The number of carbonyl (C=O) groups excluding carboxylic acids is 1. The molecule has 1 aromatic rings. The van der Waals surface area contributed by atoms with Crippen molar-refractivity contribution in [1.82, 2.24) is 10.7 Å². The van der Waals surface area contributed by atoms with Gasteiger partial charge in [0.1, 0.15) is 17.4 Å². The number of carbonyl (C=O) groups is 1. The normalized spacial score (nSPS) is 13.6. The van der Waals surface area contributed by atoms with Gasteiger partial charge in [-0.05, 0) is 43.5 Å². The molecule has 0 saturated heterocycles. The van der Waals surface area contributed by atoms with Gasteiger partial charge in [-0.3, -0.25) is 10.2 Å². The average Bonchev–Trinajstić information content (AvgIpc) is 2.95. The van der Waals surface area contributed by atoms with Crippen molar-refractivity contribution in [2.24, 2.45) is 0 Å². The predicted octanol–water partition coefficient (Wildman–Crippen LogP) is 3.04. The highest BCUT2D eigenvalue weighted by atomic mass is 32.2. The van der Waals surface area contributed by atoms with Crippen LogP contribution < -0.4 is 19.9 Å². The summed E-state index contributed by atoms with van der Waals surface area (Å²) in [6.07, 6.45) is 5.09. The lowest BCUT2D eigenvalue weighted by Gasteiger charge is -2.20. The first kappa shape index (κ1) is 16.5. The smallest absolute Gasteiger partial charge is 0.157 e. The molecular weight excluding hydrogens is 298 g/mol. The zero-order valence-corrected chi connectivity index (χ0v) is 14.1. The number of hydrogen-bond acceptors (Lipinski definition) is 6. The quantitative estimate of drug-likeness (QED) is 0.436. The summed E-state index contributed by atoms with van der Waals surface area (Å²) >= 11 is 1.63. The molecule has 0 spiro atoms. The van der Waals surface area contributed by atoms with E-state index in [-0.39, 0.29) is 6.61 Å². The predicted molar refractivity (Wildman–Crippen MR) is 91.7 cm³/mol. The minimum Gasteiger partial charge on any atom is -0.486 e. The number of anilines is 1. The van der Waals surface area contributed by atoms with Crippen molar-refractivity contribution < 1.29 is 9.53 Å². The largest absolute Gasteiger partial charge is 0.486 e. The molecule has 0 radical (unpaired) electrons. The maximum absolute atomic E-state index is 10.5. The van der Waals surface area contributed by atoms with Gasteiger partial charge < -0.3 is 10.1 Å². The average molecular weight is 321 g/mol. The van der Waals surface area contributed by atoms with Crippen molar-refractivity contribution in [2.45, 2.75) is 33.6 Å². The molecular formula is C16H23N3O2S. The van der Waals surface area contributed by atoms with Crippen LogP contribution in [0.3, 0.4) is 0 Å². The van der Waals surface area contributed by atoms with E-state index < -0.39 is 0 Å². The number of hydrazine groups is 1. The van der Waals surface area contributed by atoms with Crippen LogP contribution >= 0.6 is 11.9 Å². The fraction of sp³-hybridized carbons (Fsp3) is 0.438. The second kappa shape index (κ2) is 7.98. The molecule has 1 aromatic carbocycles. The van der Waals surface area contributed by atoms with E-state index in [4.69, 9.17) is 4.74 Å². The standard InChI is InChI=1S/C16H23N3O2S/c1-4-5-6-17-15-11-18-19(22-15)14-9-12(2)16(13(3)10-14)21-8-7-20/h7,9-11,17-18H,4-6,8H2,1-3H3. The molecule has 1 aliphatic rings. The highest BCUT2D eigenvalue weighted by Crippen LogP contribution is 2.34. The Morgan fingerprint density at radius 1 is 1.36 bits per heavy atom. The second-order valence-corrected chi connectivity index (χ2v) is 6.18. The molecule has 0 atom stereocenters. The number of ether oxygens (including phenoxy) is 1. The highest BCUT2D eigenvalue weighted by molar-refractivity contribution is 8.04. The zero-order chi connectivity index (χ0) is 15.9. The van der Waals surface area contributed by atoms with Gasteiger partial charge in [0, 0.05) is 18.5 Å². The van der Waals surface area contributed by atoms with E-state index in [1.807, 2.05) is 24.5 Å².